The van der Waals surface area contributed by atoms with Crippen LogP contribution in [0.15, 0.2) is 29.3 Å². The maximum Gasteiger partial charge on any atom is 0.282 e. The Kier molecular flexibility index (Phi) is 3.58. The van der Waals surface area contributed by atoms with Gasteiger partial charge in [-0.2, -0.15) is 0 Å². The summed E-state index contributed by atoms with van der Waals surface area (Å²) in [5, 5.41) is 0. The Morgan fingerprint density at radius 1 is 1.53 bits per heavy atom. The van der Waals surface area contributed by atoms with Crippen molar-refractivity contribution in [3.63, 3.8) is 0 Å². The van der Waals surface area contributed by atoms with Crippen LogP contribution in [0.1, 0.15) is 18.6 Å². The highest BCUT2D eigenvalue weighted by Crippen LogP contribution is 2.18. The van der Waals surface area contributed by atoms with E-state index < -0.39 is 0 Å². The van der Waals surface area contributed by atoms with E-state index >= 15 is 0 Å². The topological polar surface area (TPSA) is 56.8 Å². The lowest BCUT2D eigenvalue weighted by Gasteiger charge is -2.14. The van der Waals surface area contributed by atoms with Crippen LogP contribution in [0.3, 0.4) is 0 Å². The third-order valence-corrected chi connectivity index (χ3v) is 2.61. The highest BCUT2D eigenvalue weighted by Gasteiger charge is 2.18. The maximum atomic E-state index is 12.7. The van der Waals surface area contributed by atoms with E-state index in [0.717, 1.165) is 5.56 Å². The molecule has 0 aliphatic carbocycles. The summed E-state index contributed by atoms with van der Waals surface area (Å²) in [5.74, 6) is -0.248. The lowest BCUT2D eigenvalue weighted by atomic mass is 10.1. The zero-order valence-corrected chi connectivity index (χ0v) is 9.60. The normalized spacial score (nSPS) is 20.8. The molecule has 2 N–H and O–H groups in total. The number of hydrogen-bond acceptors (Lipinski definition) is 4. The van der Waals surface area contributed by atoms with Crippen LogP contribution in [-0.4, -0.2) is 25.3 Å². The van der Waals surface area contributed by atoms with Crippen LogP contribution < -0.4 is 5.73 Å². The van der Waals surface area contributed by atoms with Crippen LogP contribution in [-0.2, 0) is 9.47 Å². The highest BCUT2D eigenvalue weighted by atomic mass is 19.1. The van der Waals surface area contributed by atoms with Gasteiger partial charge in [-0.1, -0.05) is 12.1 Å². The molecule has 0 unspecified atom stereocenters. The van der Waals surface area contributed by atoms with Crippen LogP contribution in [0, 0.1) is 5.82 Å². The Morgan fingerprint density at radius 2 is 2.24 bits per heavy atom. The molecule has 0 bridgehead atoms. The van der Waals surface area contributed by atoms with Gasteiger partial charge in [0.05, 0.1) is 12.7 Å². The molecular weight excluding hydrogens is 223 g/mol. The summed E-state index contributed by atoms with van der Waals surface area (Å²) in [6.07, 6.45) is -0.104. The molecule has 2 atom stereocenters. The Bertz CT molecular complexity index is 405. The number of halogens is 1. The highest BCUT2D eigenvalue weighted by molar-refractivity contribution is 5.73. The fourth-order valence-electron chi connectivity index (χ4n) is 1.61. The standard InChI is InChI=1S/C12H15FN2O2/c1-8(9-2-4-10(13)5-3-9)16-6-11-7-17-12(14)15-11/h2-5,8,11H,6-7H2,1H3,(H2,14,15)/t8-,11+/m1/s1. The number of aliphatic imine (C=N–C) groups is 1. The summed E-state index contributed by atoms with van der Waals surface area (Å²) < 4.78 is 23.4. The molecule has 0 fully saturated rings. The zero-order chi connectivity index (χ0) is 12.3. The molecule has 0 spiro atoms. The number of nitrogens with two attached hydrogens (primary N) is 1. The van der Waals surface area contributed by atoms with Gasteiger partial charge >= 0.3 is 0 Å². The maximum absolute atomic E-state index is 12.7. The molecule has 0 aromatic heterocycles. The Morgan fingerprint density at radius 3 is 2.82 bits per heavy atom. The molecule has 2 rings (SSSR count). The molecule has 0 amide bonds. The molecule has 0 radical (unpaired) electrons. The Labute approximate surface area is 99.2 Å². The first-order valence-electron chi connectivity index (χ1n) is 5.48. The smallest absolute Gasteiger partial charge is 0.282 e. The molecule has 4 nitrogen and oxygen atoms in total. The van der Waals surface area contributed by atoms with Crippen LogP contribution in [0.25, 0.3) is 0 Å². The summed E-state index contributed by atoms with van der Waals surface area (Å²) in [4.78, 5) is 4.06. The van der Waals surface area contributed by atoms with Gasteiger partial charge < -0.3 is 15.2 Å². The second-order valence-corrected chi connectivity index (χ2v) is 3.96. The number of amidine groups is 1. The van der Waals surface area contributed by atoms with Crippen molar-refractivity contribution in [2.45, 2.75) is 19.1 Å². The molecule has 5 heteroatoms. The van der Waals surface area contributed by atoms with Crippen LogP contribution >= 0.6 is 0 Å². The number of rotatable bonds is 4. The minimum Gasteiger partial charge on any atom is -0.463 e. The van der Waals surface area contributed by atoms with Gasteiger partial charge in [0.1, 0.15) is 18.5 Å². The summed E-state index contributed by atoms with van der Waals surface area (Å²) in [6.45, 7) is 2.82. The van der Waals surface area contributed by atoms with E-state index in [1.54, 1.807) is 12.1 Å². The van der Waals surface area contributed by atoms with Crippen LogP contribution in [0.4, 0.5) is 4.39 Å². The van der Waals surface area contributed by atoms with Gasteiger partial charge in [-0.15, -0.1) is 0 Å². The van der Waals surface area contributed by atoms with Crippen molar-refractivity contribution in [1.29, 1.82) is 0 Å². The second-order valence-electron chi connectivity index (χ2n) is 3.96. The van der Waals surface area contributed by atoms with E-state index in [1.807, 2.05) is 6.92 Å². The van der Waals surface area contributed by atoms with Crippen molar-refractivity contribution in [3.05, 3.63) is 35.6 Å². The van der Waals surface area contributed by atoms with E-state index in [9.17, 15) is 4.39 Å². The van der Waals surface area contributed by atoms with Gasteiger partial charge in [-0.3, -0.25) is 0 Å². The summed E-state index contributed by atoms with van der Waals surface area (Å²) in [6, 6.07) is 6.44. The number of benzene rings is 1. The molecule has 0 saturated heterocycles. The van der Waals surface area contributed by atoms with Crippen LogP contribution in [0.2, 0.25) is 0 Å². The van der Waals surface area contributed by atoms with Gasteiger partial charge in [0.2, 0.25) is 0 Å². The average Bonchev–Trinajstić information content (AvgIpc) is 2.73. The molecule has 1 heterocycles. The molecule has 0 saturated carbocycles. The van der Waals surface area contributed by atoms with Crippen molar-refractivity contribution in [3.8, 4) is 0 Å². The number of hydrogen-bond donors (Lipinski definition) is 1. The van der Waals surface area contributed by atoms with Crippen molar-refractivity contribution >= 4 is 6.02 Å². The largest absolute Gasteiger partial charge is 0.463 e. The monoisotopic (exact) mass is 238 g/mol. The predicted molar refractivity (Wildman–Crippen MR) is 62.1 cm³/mol. The third kappa shape index (κ3) is 3.17. The Balaban J connectivity index is 1.85. The first kappa shape index (κ1) is 11.9. The SMILES string of the molecule is C[C@@H](OC[C@H]1COC(N)=N1)c1ccc(F)cc1. The van der Waals surface area contributed by atoms with Crippen molar-refractivity contribution in [2.75, 3.05) is 13.2 Å². The Hall–Kier alpha value is -1.62. The molecule has 92 valence electrons. The van der Waals surface area contributed by atoms with Gasteiger partial charge in [-0.05, 0) is 24.6 Å². The quantitative estimate of drug-likeness (QED) is 0.867. The average molecular weight is 238 g/mol. The fraction of sp³-hybridized carbons (Fsp3) is 0.417. The number of nitrogens with zero attached hydrogens (tertiary/aromatic N) is 1. The molecule has 1 aromatic rings. The molecule has 1 aliphatic rings. The number of ether oxygens (including phenoxy) is 2. The van der Waals surface area contributed by atoms with Gasteiger partial charge in [0.15, 0.2) is 0 Å². The van der Waals surface area contributed by atoms with Crippen LogP contribution in [0.5, 0.6) is 0 Å². The lowest BCUT2D eigenvalue weighted by Crippen LogP contribution is -2.16. The first-order chi connectivity index (χ1) is 8.15. The molecule has 1 aliphatic heterocycles. The van der Waals surface area contributed by atoms with Crippen molar-refractivity contribution in [2.24, 2.45) is 10.7 Å². The van der Waals surface area contributed by atoms with Crippen molar-refractivity contribution in [1.82, 2.24) is 0 Å². The molecule has 17 heavy (non-hydrogen) atoms. The van der Waals surface area contributed by atoms with Gasteiger partial charge in [0.25, 0.3) is 6.02 Å². The summed E-state index contributed by atoms with van der Waals surface area (Å²) >= 11 is 0. The zero-order valence-electron chi connectivity index (χ0n) is 9.60. The first-order valence-corrected chi connectivity index (χ1v) is 5.48. The predicted octanol–water partition coefficient (Wildman–Crippen LogP) is 1.62. The van der Waals surface area contributed by atoms with E-state index in [0.29, 0.717) is 13.2 Å². The second kappa shape index (κ2) is 5.14. The minimum absolute atomic E-state index is 0.0436. The van der Waals surface area contributed by atoms with E-state index in [4.69, 9.17) is 15.2 Å². The summed E-state index contributed by atoms with van der Waals surface area (Å²) in [7, 11) is 0. The van der Waals surface area contributed by atoms with E-state index in [1.165, 1.54) is 12.1 Å². The van der Waals surface area contributed by atoms with E-state index in [-0.39, 0.29) is 24.0 Å². The summed E-state index contributed by atoms with van der Waals surface area (Å²) in [5.41, 5.74) is 6.32. The van der Waals surface area contributed by atoms with Crippen molar-refractivity contribution < 1.29 is 13.9 Å². The molecule has 1 aromatic carbocycles. The van der Waals surface area contributed by atoms with Gasteiger partial charge in [0, 0.05) is 0 Å². The lowest BCUT2D eigenvalue weighted by molar-refractivity contribution is 0.0516. The van der Waals surface area contributed by atoms with E-state index in [2.05, 4.69) is 4.99 Å². The fourth-order valence-corrected chi connectivity index (χ4v) is 1.61. The third-order valence-electron chi connectivity index (χ3n) is 2.61. The van der Waals surface area contributed by atoms with Gasteiger partial charge in [-0.25, -0.2) is 9.38 Å². The minimum atomic E-state index is -0.248. The molecular formula is C12H15FN2O2.